The molecule has 0 aliphatic heterocycles. The van der Waals surface area contributed by atoms with E-state index >= 15 is 0 Å². The second-order valence-electron chi connectivity index (χ2n) is 5.87. The molecule has 27 heavy (non-hydrogen) atoms. The maximum atomic E-state index is 12.1. The van der Waals surface area contributed by atoms with Crippen molar-refractivity contribution in [2.24, 2.45) is 0 Å². The van der Waals surface area contributed by atoms with Gasteiger partial charge in [0, 0.05) is 23.3 Å². The van der Waals surface area contributed by atoms with Gasteiger partial charge in [-0.15, -0.1) is 0 Å². The molecule has 0 saturated carbocycles. The van der Waals surface area contributed by atoms with Crippen molar-refractivity contribution in [3.63, 3.8) is 0 Å². The number of nitro benzene ring substituents is 1. The second kappa shape index (κ2) is 8.56. The molecule has 0 aliphatic carbocycles. The highest BCUT2D eigenvalue weighted by molar-refractivity contribution is 5.98. The van der Waals surface area contributed by atoms with Crippen LogP contribution in [0.4, 0.5) is 5.69 Å². The summed E-state index contributed by atoms with van der Waals surface area (Å²) in [6.07, 6.45) is 0. The normalized spacial score (nSPS) is 10.0. The number of hydrogen-bond donors (Lipinski definition) is 3. The summed E-state index contributed by atoms with van der Waals surface area (Å²) in [7, 11) is 0. The van der Waals surface area contributed by atoms with Gasteiger partial charge in [0.05, 0.1) is 11.5 Å². The Morgan fingerprint density at radius 1 is 0.926 bits per heavy atom. The summed E-state index contributed by atoms with van der Waals surface area (Å²) in [6, 6.07) is 10.4. The standard InChI is InChI=1S/C18H18N4O5/c1-11-6-12(2)8-14(7-11)17(24)19-10-16(23)20-21-18(25)13-4-3-5-15(9-13)22(26)27/h3-9H,10H2,1-2H3,(H,19,24)(H,20,23)(H,21,25). The number of carbonyl (C=O) groups excluding carboxylic acids is 3. The largest absolute Gasteiger partial charge is 0.343 e. The minimum Gasteiger partial charge on any atom is -0.343 e. The maximum Gasteiger partial charge on any atom is 0.270 e. The van der Waals surface area contributed by atoms with Gasteiger partial charge in [0.2, 0.25) is 0 Å². The molecule has 3 amide bonds. The summed E-state index contributed by atoms with van der Waals surface area (Å²) in [5.74, 6) is -1.78. The Morgan fingerprint density at radius 3 is 2.22 bits per heavy atom. The Kier molecular flexibility index (Phi) is 6.21. The molecule has 9 nitrogen and oxygen atoms in total. The lowest BCUT2D eigenvalue weighted by Gasteiger charge is -2.09. The van der Waals surface area contributed by atoms with Gasteiger partial charge in [-0.25, -0.2) is 0 Å². The molecule has 0 saturated heterocycles. The third-order valence-electron chi connectivity index (χ3n) is 3.53. The smallest absolute Gasteiger partial charge is 0.270 e. The van der Waals surface area contributed by atoms with E-state index in [9.17, 15) is 24.5 Å². The number of nitrogens with one attached hydrogen (secondary N) is 3. The number of aryl methyl sites for hydroxylation is 2. The van der Waals surface area contributed by atoms with Gasteiger partial charge >= 0.3 is 0 Å². The van der Waals surface area contributed by atoms with Gasteiger partial charge in [0.15, 0.2) is 0 Å². The fourth-order valence-corrected chi connectivity index (χ4v) is 2.37. The van der Waals surface area contributed by atoms with Gasteiger partial charge in [-0.1, -0.05) is 23.3 Å². The summed E-state index contributed by atoms with van der Waals surface area (Å²) in [6.45, 7) is 3.38. The SMILES string of the molecule is Cc1cc(C)cc(C(=O)NCC(=O)NNC(=O)c2cccc([N+](=O)[O-])c2)c1. The average molecular weight is 370 g/mol. The molecule has 9 heteroatoms. The number of hydrazine groups is 1. The van der Waals surface area contributed by atoms with Crippen LogP contribution in [-0.2, 0) is 4.79 Å². The van der Waals surface area contributed by atoms with Crippen molar-refractivity contribution >= 4 is 23.4 Å². The summed E-state index contributed by atoms with van der Waals surface area (Å²) >= 11 is 0. The van der Waals surface area contributed by atoms with Crippen LogP contribution in [-0.4, -0.2) is 29.2 Å². The number of non-ortho nitro benzene ring substituents is 1. The number of nitrogens with zero attached hydrogens (tertiary/aromatic N) is 1. The fraction of sp³-hybridized carbons (Fsp3) is 0.167. The molecule has 2 rings (SSSR count). The van der Waals surface area contributed by atoms with Crippen molar-refractivity contribution in [2.45, 2.75) is 13.8 Å². The molecule has 0 aliphatic rings. The predicted molar refractivity (Wildman–Crippen MR) is 97.0 cm³/mol. The van der Waals surface area contributed by atoms with Crippen molar-refractivity contribution in [1.82, 2.24) is 16.2 Å². The zero-order chi connectivity index (χ0) is 20.0. The van der Waals surface area contributed by atoms with E-state index in [2.05, 4.69) is 16.2 Å². The van der Waals surface area contributed by atoms with Crippen molar-refractivity contribution in [1.29, 1.82) is 0 Å². The van der Waals surface area contributed by atoms with Crippen LogP contribution in [0.2, 0.25) is 0 Å². The maximum absolute atomic E-state index is 12.1. The molecule has 2 aromatic rings. The minimum absolute atomic E-state index is 0.0174. The van der Waals surface area contributed by atoms with Gasteiger partial charge in [-0.2, -0.15) is 0 Å². The van der Waals surface area contributed by atoms with E-state index < -0.39 is 22.6 Å². The van der Waals surface area contributed by atoms with Crippen molar-refractivity contribution < 1.29 is 19.3 Å². The predicted octanol–water partition coefficient (Wildman–Crippen LogP) is 1.40. The van der Waals surface area contributed by atoms with Gasteiger partial charge < -0.3 is 5.32 Å². The summed E-state index contributed by atoms with van der Waals surface area (Å²) in [5.41, 5.74) is 6.33. The highest BCUT2D eigenvalue weighted by Crippen LogP contribution is 2.12. The van der Waals surface area contributed by atoms with Crippen molar-refractivity contribution in [3.8, 4) is 0 Å². The molecular weight excluding hydrogens is 352 g/mol. The van der Waals surface area contributed by atoms with Crippen LogP contribution in [0, 0.1) is 24.0 Å². The first-order valence-corrected chi connectivity index (χ1v) is 7.96. The summed E-state index contributed by atoms with van der Waals surface area (Å²) in [4.78, 5) is 45.9. The molecular formula is C18H18N4O5. The lowest BCUT2D eigenvalue weighted by Crippen LogP contribution is -2.46. The van der Waals surface area contributed by atoms with Crippen LogP contribution in [0.5, 0.6) is 0 Å². The zero-order valence-electron chi connectivity index (χ0n) is 14.7. The van der Waals surface area contributed by atoms with E-state index in [1.807, 2.05) is 19.9 Å². The van der Waals surface area contributed by atoms with Gasteiger partial charge in [-0.05, 0) is 32.0 Å². The minimum atomic E-state index is -0.715. The monoisotopic (exact) mass is 370 g/mol. The van der Waals surface area contributed by atoms with E-state index in [1.54, 1.807) is 12.1 Å². The number of carbonyl (C=O) groups is 3. The molecule has 0 aromatic heterocycles. The second-order valence-corrected chi connectivity index (χ2v) is 5.87. The van der Waals surface area contributed by atoms with Crippen LogP contribution in [0.15, 0.2) is 42.5 Å². The first kappa shape index (κ1) is 19.6. The number of amides is 3. The molecule has 0 heterocycles. The summed E-state index contributed by atoms with van der Waals surface area (Å²) < 4.78 is 0. The van der Waals surface area contributed by atoms with E-state index in [-0.39, 0.29) is 17.8 Å². The van der Waals surface area contributed by atoms with Gasteiger partial charge in [0.1, 0.15) is 0 Å². The van der Waals surface area contributed by atoms with E-state index in [4.69, 9.17) is 0 Å². The van der Waals surface area contributed by atoms with Crippen LogP contribution in [0.3, 0.4) is 0 Å². The lowest BCUT2D eigenvalue weighted by atomic mass is 10.1. The summed E-state index contributed by atoms with van der Waals surface area (Å²) in [5, 5.41) is 13.2. The van der Waals surface area contributed by atoms with E-state index in [1.165, 1.54) is 18.2 Å². The molecule has 2 aromatic carbocycles. The van der Waals surface area contributed by atoms with Crippen LogP contribution < -0.4 is 16.2 Å². The topological polar surface area (TPSA) is 130 Å². The van der Waals surface area contributed by atoms with E-state index in [0.717, 1.165) is 17.2 Å². The average Bonchev–Trinajstić information content (AvgIpc) is 2.63. The zero-order valence-corrected chi connectivity index (χ0v) is 14.7. The fourth-order valence-electron chi connectivity index (χ4n) is 2.37. The molecule has 0 atom stereocenters. The molecule has 0 fully saturated rings. The van der Waals surface area contributed by atoms with Crippen LogP contribution in [0.1, 0.15) is 31.8 Å². The third kappa shape index (κ3) is 5.63. The van der Waals surface area contributed by atoms with E-state index in [0.29, 0.717) is 5.56 Å². The lowest BCUT2D eigenvalue weighted by molar-refractivity contribution is -0.384. The Balaban J connectivity index is 1.85. The Hall–Kier alpha value is -3.75. The Morgan fingerprint density at radius 2 is 1.59 bits per heavy atom. The number of nitro groups is 1. The molecule has 0 radical (unpaired) electrons. The van der Waals surface area contributed by atoms with Crippen LogP contribution >= 0.6 is 0 Å². The van der Waals surface area contributed by atoms with Crippen LogP contribution in [0.25, 0.3) is 0 Å². The molecule has 140 valence electrons. The van der Waals surface area contributed by atoms with Crippen molar-refractivity contribution in [2.75, 3.05) is 6.54 Å². The molecule has 3 N–H and O–H groups in total. The van der Waals surface area contributed by atoms with Gasteiger partial charge in [-0.3, -0.25) is 35.3 Å². The molecule has 0 bridgehead atoms. The Bertz CT molecular complexity index is 890. The van der Waals surface area contributed by atoms with Crippen molar-refractivity contribution in [3.05, 3.63) is 74.8 Å². The Labute approximate surface area is 154 Å². The number of rotatable bonds is 5. The first-order valence-electron chi connectivity index (χ1n) is 7.96. The number of benzene rings is 2. The first-order chi connectivity index (χ1) is 12.8. The third-order valence-corrected chi connectivity index (χ3v) is 3.53. The number of hydrogen-bond acceptors (Lipinski definition) is 5. The molecule has 0 spiro atoms. The highest BCUT2D eigenvalue weighted by atomic mass is 16.6. The highest BCUT2D eigenvalue weighted by Gasteiger charge is 2.13. The quantitative estimate of drug-likeness (QED) is 0.541. The van der Waals surface area contributed by atoms with Gasteiger partial charge in [0.25, 0.3) is 23.4 Å². The molecule has 0 unspecified atom stereocenters.